The quantitative estimate of drug-likeness (QED) is 0.664. The minimum Gasteiger partial charge on any atom is -0.478 e. The van der Waals surface area contributed by atoms with Crippen molar-refractivity contribution < 1.29 is 14.7 Å². The van der Waals surface area contributed by atoms with Crippen LogP contribution in [-0.4, -0.2) is 32.0 Å². The van der Waals surface area contributed by atoms with Gasteiger partial charge in [-0.3, -0.25) is 4.79 Å². The Kier molecular flexibility index (Phi) is 5.35. The third kappa shape index (κ3) is 4.32. The molecule has 0 aliphatic rings. The molecule has 1 aromatic heterocycles. The van der Waals surface area contributed by atoms with Crippen LogP contribution in [0.25, 0.3) is 11.8 Å². The summed E-state index contributed by atoms with van der Waals surface area (Å²) in [6, 6.07) is 12.8. The number of nitrogens with zero attached hydrogens (tertiary/aromatic N) is 3. The van der Waals surface area contributed by atoms with Crippen LogP contribution < -0.4 is 5.32 Å². The van der Waals surface area contributed by atoms with Crippen molar-refractivity contribution in [1.82, 2.24) is 15.0 Å². The first-order valence-electron chi connectivity index (χ1n) is 8.67. The van der Waals surface area contributed by atoms with Crippen LogP contribution in [0.5, 0.6) is 0 Å². The largest absolute Gasteiger partial charge is 0.478 e. The van der Waals surface area contributed by atoms with Gasteiger partial charge in [0.15, 0.2) is 5.69 Å². The molecule has 1 amide bonds. The van der Waals surface area contributed by atoms with Crippen molar-refractivity contribution in [1.29, 1.82) is 0 Å². The maximum absolute atomic E-state index is 12.6. The lowest BCUT2D eigenvalue weighted by Crippen LogP contribution is -2.14. The SMILES string of the molecule is Cc1ccc(-n2nc(C)c(C(=O)Nc3ccc(/C=C/C(=O)O)cc3)n2)c(C)c1. The van der Waals surface area contributed by atoms with Gasteiger partial charge >= 0.3 is 5.97 Å². The summed E-state index contributed by atoms with van der Waals surface area (Å²) in [5, 5.41) is 20.2. The van der Waals surface area contributed by atoms with Gasteiger partial charge in [0.1, 0.15) is 0 Å². The average Bonchev–Trinajstić information content (AvgIpc) is 3.02. The van der Waals surface area contributed by atoms with Crippen LogP contribution in [-0.2, 0) is 4.79 Å². The van der Waals surface area contributed by atoms with E-state index in [0.29, 0.717) is 11.4 Å². The number of carboxylic acid groups (broad SMARTS) is 1. The molecule has 0 bridgehead atoms. The van der Waals surface area contributed by atoms with Crippen molar-refractivity contribution in [3.63, 3.8) is 0 Å². The van der Waals surface area contributed by atoms with E-state index in [1.54, 1.807) is 31.2 Å². The summed E-state index contributed by atoms with van der Waals surface area (Å²) in [4.78, 5) is 24.6. The third-order valence-electron chi connectivity index (χ3n) is 4.15. The smallest absolute Gasteiger partial charge is 0.328 e. The molecule has 0 spiro atoms. The fourth-order valence-corrected chi connectivity index (χ4v) is 2.76. The van der Waals surface area contributed by atoms with E-state index >= 15 is 0 Å². The monoisotopic (exact) mass is 376 g/mol. The molecule has 3 aromatic rings. The van der Waals surface area contributed by atoms with E-state index in [1.807, 2.05) is 32.0 Å². The second-order valence-corrected chi connectivity index (χ2v) is 6.46. The lowest BCUT2D eigenvalue weighted by molar-refractivity contribution is -0.131. The summed E-state index contributed by atoms with van der Waals surface area (Å²) in [5.41, 5.74) is 5.06. The van der Waals surface area contributed by atoms with Crippen molar-refractivity contribution in [2.24, 2.45) is 0 Å². The Bertz CT molecular complexity index is 1070. The molecule has 0 saturated carbocycles. The summed E-state index contributed by atoms with van der Waals surface area (Å²) >= 11 is 0. The second kappa shape index (κ2) is 7.87. The Labute approximate surface area is 162 Å². The van der Waals surface area contributed by atoms with E-state index in [1.165, 1.54) is 10.9 Å². The summed E-state index contributed by atoms with van der Waals surface area (Å²) in [6.45, 7) is 5.73. The van der Waals surface area contributed by atoms with Gasteiger partial charge in [0.2, 0.25) is 0 Å². The third-order valence-corrected chi connectivity index (χ3v) is 4.15. The van der Waals surface area contributed by atoms with Gasteiger partial charge in [-0.15, -0.1) is 5.10 Å². The number of carbonyl (C=O) groups excluding carboxylic acids is 1. The molecule has 3 rings (SSSR count). The Morgan fingerprint density at radius 3 is 2.39 bits per heavy atom. The average molecular weight is 376 g/mol. The number of aryl methyl sites for hydroxylation is 3. The topological polar surface area (TPSA) is 97.1 Å². The molecule has 0 unspecified atom stereocenters. The minimum absolute atomic E-state index is 0.245. The van der Waals surface area contributed by atoms with E-state index in [2.05, 4.69) is 15.5 Å². The molecule has 7 heteroatoms. The summed E-state index contributed by atoms with van der Waals surface area (Å²) in [6.07, 6.45) is 2.54. The van der Waals surface area contributed by atoms with Crippen molar-refractivity contribution in [3.8, 4) is 5.69 Å². The Morgan fingerprint density at radius 2 is 1.75 bits per heavy atom. The van der Waals surface area contributed by atoms with Crippen LogP contribution in [0.3, 0.4) is 0 Å². The first-order chi connectivity index (χ1) is 13.3. The lowest BCUT2D eigenvalue weighted by Gasteiger charge is -2.05. The molecule has 0 atom stereocenters. The zero-order chi connectivity index (χ0) is 20.3. The molecule has 0 radical (unpaired) electrons. The Hall–Kier alpha value is -3.74. The van der Waals surface area contributed by atoms with E-state index in [-0.39, 0.29) is 11.6 Å². The van der Waals surface area contributed by atoms with E-state index in [9.17, 15) is 9.59 Å². The van der Waals surface area contributed by atoms with Crippen LogP contribution in [0, 0.1) is 20.8 Å². The number of benzene rings is 2. The van der Waals surface area contributed by atoms with Gasteiger partial charge in [-0.1, -0.05) is 29.8 Å². The molecular weight excluding hydrogens is 356 g/mol. The number of anilines is 1. The number of amides is 1. The zero-order valence-electron chi connectivity index (χ0n) is 15.8. The number of aromatic nitrogens is 3. The highest BCUT2D eigenvalue weighted by atomic mass is 16.4. The van der Waals surface area contributed by atoms with Gasteiger partial charge in [0.05, 0.1) is 11.4 Å². The van der Waals surface area contributed by atoms with Crippen LogP contribution in [0.15, 0.2) is 48.5 Å². The highest BCUT2D eigenvalue weighted by Crippen LogP contribution is 2.17. The van der Waals surface area contributed by atoms with Crippen molar-refractivity contribution in [2.75, 3.05) is 5.32 Å². The highest BCUT2D eigenvalue weighted by Gasteiger charge is 2.17. The predicted molar refractivity (Wildman–Crippen MR) is 107 cm³/mol. The number of aliphatic carboxylic acids is 1. The van der Waals surface area contributed by atoms with E-state index in [4.69, 9.17) is 5.11 Å². The summed E-state index contributed by atoms with van der Waals surface area (Å²) < 4.78 is 0. The summed E-state index contributed by atoms with van der Waals surface area (Å²) in [7, 11) is 0. The molecule has 1 heterocycles. The summed E-state index contributed by atoms with van der Waals surface area (Å²) in [5.74, 6) is -1.37. The number of hydrogen-bond acceptors (Lipinski definition) is 4. The predicted octanol–water partition coefficient (Wildman–Crippen LogP) is 3.54. The van der Waals surface area contributed by atoms with Crippen molar-refractivity contribution in [2.45, 2.75) is 20.8 Å². The number of carboxylic acids is 1. The van der Waals surface area contributed by atoms with Gasteiger partial charge < -0.3 is 10.4 Å². The number of carbonyl (C=O) groups is 2. The standard InChI is InChI=1S/C21H20N4O3/c1-13-4-10-18(14(2)12-13)25-23-15(3)20(24-25)21(28)22-17-8-5-16(6-9-17)7-11-19(26)27/h4-12H,1-3H3,(H,22,28)(H,26,27)/b11-7+. The number of rotatable bonds is 5. The van der Waals surface area contributed by atoms with Crippen LogP contribution >= 0.6 is 0 Å². The normalized spacial score (nSPS) is 11.0. The van der Waals surface area contributed by atoms with Gasteiger partial charge in [0.25, 0.3) is 5.91 Å². The van der Waals surface area contributed by atoms with Crippen LogP contribution in [0.2, 0.25) is 0 Å². The Morgan fingerprint density at radius 1 is 1.04 bits per heavy atom. The molecule has 0 aliphatic carbocycles. The molecule has 2 N–H and O–H groups in total. The molecule has 0 aliphatic heterocycles. The van der Waals surface area contributed by atoms with E-state index in [0.717, 1.165) is 28.5 Å². The van der Waals surface area contributed by atoms with E-state index < -0.39 is 5.97 Å². The van der Waals surface area contributed by atoms with Gasteiger partial charge in [-0.2, -0.15) is 9.90 Å². The zero-order valence-corrected chi connectivity index (χ0v) is 15.8. The molecule has 2 aromatic carbocycles. The van der Waals surface area contributed by atoms with Gasteiger partial charge in [0, 0.05) is 11.8 Å². The molecular formula is C21H20N4O3. The molecule has 28 heavy (non-hydrogen) atoms. The van der Waals surface area contributed by atoms with Gasteiger partial charge in [-0.25, -0.2) is 4.79 Å². The maximum Gasteiger partial charge on any atom is 0.328 e. The van der Waals surface area contributed by atoms with Crippen LogP contribution in [0.1, 0.15) is 32.9 Å². The lowest BCUT2D eigenvalue weighted by atomic mass is 10.1. The molecule has 142 valence electrons. The van der Waals surface area contributed by atoms with Gasteiger partial charge in [-0.05, 0) is 56.2 Å². The second-order valence-electron chi connectivity index (χ2n) is 6.46. The Balaban J connectivity index is 1.78. The van der Waals surface area contributed by atoms with Crippen LogP contribution in [0.4, 0.5) is 5.69 Å². The minimum atomic E-state index is -1.01. The fourth-order valence-electron chi connectivity index (χ4n) is 2.76. The molecule has 0 saturated heterocycles. The first-order valence-corrected chi connectivity index (χ1v) is 8.67. The first kappa shape index (κ1) is 19.0. The fraction of sp³-hybridized carbons (Fsp3) is 0.143. The molecule has 0 fully saturated rings. The number of hydrogen-bond donors (Lipinski definition) is 2. The highest BCUT2D eigenvalue weighted by molar-refractivity contribution is 6.03. The van der Waals surface area contributed by atoms with Crippen molar-refractivity contribution in [3.05, 3.63) is 76.6 Å². The molecule has 7 nitrogen and oxygen atoms in total. The maximum atomic E-state index is 12.6. The van der Waals surface area contributed by atoms with Crippen molar-refractivity contribution >= 4 is 23.6 Å². The number of nitrogens with one attached hydrogen (secondary N) is 1.